The minimum Gasteiger partial charge on any atom is -0.322 e. The van der Waals surface area contributed by atoms with E-state index < -0.39 is 0 Å². The van der Waals surface area contributed by atoms with Crippen molar-refractivity contribution in [3.8, 4) is 11.1 Å². The van der Waals surface area contributed by atoms with Gasteiger partial charge in [-0.05, 0) is 66.4 Å². The average Bonchev–Trinajstić information content (AvgIpc) is 2.85. The van der Waals surface area contributed by atoms with Crippen molar-refractivity contribution < 1.29 is 9.59 Å². The second kappa shape index (κ2) is 8.40. The molecule has 0 fully saturated rings. The number of fused-ring (bicyclic) bond motifs is 3. The fourth-order valence-corrected chi connectivity index (χ4v) is 4.46. The lowest BCUT2D eigenvalue weighted by Gasteiger charge is -2.32. The second-order valence-electron chi connectivity index (χ2n) is 8.30. The Morgan fingerprint density at radius 3 is 2.09 bits per heavy atom. The maximum Gasteiger partial charge on any atom is 0.258 e. The van der Waals surface area contributed by atoms with E-state index in [0.717, 1.165) is 39.2 Å². The van der Waals surface area contributed by atoms with Crippen molar-refractivity contribution in [2.75, 3.05) is 10.2 Å². The van der Waals surface area contributed by atoms with Gasteiger partial charge in [-0.3, -0.25) is 9.59 Å². The summed E-state index contributed by atoms with van der Waals surface area (Å²) in [6.45, 7) is 4.32. The van der Waals surface area contributed by atoms with E-state index in [9.17, 15) is 9.59 Å². The molecular formula is C29H24N2O2. The summed E-state index contributed by atoms with van der Waals surface area (Å²) >= 11 is 0. The van der Waals surface area contributed by atoms with Crippen LogP contribution in [-0.2, 0) is 6.54 Å². The number of carbonyl (C=O) groups excluding carboxylic acids is 2. The van der Waals surface area contributed by atoms with Crippen LogP contribution in [0, 0.1) is 13.8 Å². The van der Waals surface area contributed by atoms with Crippen LogP contribution in [0.4, 0.5) is 11.4 Å². The number of nitrogens with zero attached hydrogens (tertiary/aromatic N) is 1. The highest BCUT2D eigenvalue weighted by Gasteiger charge is 2.28. The van der Waals surface area contributed by atoms with Gasteiger partial charge in [-0.25, -0.2) is 0 Å². The van der Waals surface area contributed by atoms with E-state index in [1.165, 1.54) is 0 Å². The van der Waals surface area contributed by atoms with Gasteiger partial charge in [0.05, 0.1) is 12.2 Å². The topological polar surface area (TPSA) is 49.4 Å². The molecule has 0 bridgehead atoms. The molecule has 4 nitrogen and oxygen atoms in total. The lowest BCUT2D eigenvalue weighted by molar-refractivity contribution is 0.0980. The third-order valence-corrected chi connectivity index (χ3v) is 6.37. The minimum atomic E-state index is -0.182. The fraction of sp³-hybridized carbons (Fsp3) is 0.103. The number of para-hydroxylation sites is 2. The van der Waals surface area contributed by atoms with Crippen molar-refractivity contribution >= 4 is 23.2 Å². The summed E-state index contributed by atoms with van der Waals surface area (Å²) in [7, 11) is 0. The first kappa shape index (κ1) is 20.7. The van der Waals surface area contributed by atoms with Crippen LogP contribution in [0.3, 0.4) is 0 Å². The monoisotopic (exact) mass is 432 g/mol. The molecule has 33 heavy (non-hydrogen) atoms. The molecule has 1 heterocycles. The van der Waals surface area contributed by atoms with Crippen LogP contribution >= 0.6 is 0 Å². The number of carbonyl (C=O) groups is 2. The molecule has 0 saturated heterocycles. The molecule has 4 aromatic rings. The van der Waals surface area contributed by atoms with Gasteiger partial charge < -0.3 is 10.2 Å². The normalized spacial score (nSPS) is 12.0. The molecule has 162 valence electrons. The predicted octanol–water partition coefficient (Wildman–Crippen LogP) is 6.38. The van der Waals surface area contributed by atoms with Gasteiger partial charge in [0.1, 0.15) is 0 Å². The summed E-state index contributed by atoms with van der Waals surface area (Å²) in [5, 5.41) is 2.93. The Bertz CT molecular complexity index is 1380. The van der Waals surface area contributed by atoms with Crippen LogP contribution in [0.1, 0.15) is 37.4 Å². The fourth-order valence-electron chi connectivity index (χ4n) is 4.46. The molecule has 0 spiro atoms. The smallest absolute Gasteiger partial charge is 0.258 e. The maximum atomic E-state index is 13.7. The molecule has 0 aromatic heterocycles. The molecule has 0 unspecified atom stereocenters. The Hall–Kier alpha value is -4.18. The van der Waals surface area contributed by atoms with Crippen LogP contribution in [0.2, 0.25) is 0 Å². The summed E-state index contributed by atoms with van der Waals surface area (Å²) in [5.74, 6) is -0.245. The zero-order chi connectivity index (χ0) is 22.9. The third kappa shape index (κ3) is 3.70. The number of hydrogen-bond donors (Lipinski definition) is 1. The highest BCUT2D eigenvalue weighted by atomic mass is 16.2. The first-order valence-corrected chi connectivity index (χ1v) is 11.0. The summed E-state index contributed by atoms with van der Waals surface area (Å²) < 4.78 is 0. The third-order valence-electron chi connectivity index (χ3n) is 6.37. The molecule has 5 rings (SSSR count). The summed E-state index contributed by atoms with van der Waals surface area (Å²) in [6.07, 6.45) is 0. The van der Waals surface area contributed by atoms with Crippen molar-refractivity contribution in [2.45, 2.75) is 20.4 Å². The molecule has 0 atom stereocenters. The van der Waals surface area contributed by atoms with Crippen LogP contribution in [0.15, 0.2) is 91.0 Å². The lowest BCUT2D eigenvalue weighted by atomic mass is 9.91. The lowest BCUT2D eigenvalue weighted by Crippen LogP contribution is -2.33. The molecule has 0 saturated carbocycles. The number of nitrogens with one attached hydrogen (secondary N) is 1. The Morgan fingerprint density at radius 1 is 0.697 bits per heavy atom. The summed E-state index contributed by atoms with van der Waals surface area (Å²) in [4.78, 5) is 28.4. The van der Waals surface area contributed by atoms with Gasteiger partial charge in [0.25, 0.3) is 11.8 Å². The first-order chi connectivity index (χ1) is 16.0. The van der Waals surface area contributed by atoms with Crippen LogP contribution in [-0.4, -0.2) is 11.8 Å². The zero-order valence-corrected chi connectivity index (χ0v) is 18.6. The first-order valence-electron chi connectivity index (χ1n) is 11.0. The molecular weight excluding hydrogens is 408 g/mol. The molecule has 2 amide bonds. The van der Waals surface area contributed by atoms with E-state index in [1.54, 1.807) is 12.1 Å². The van der Waals surface area contributed by atoms with Crippen LogP contribution < -0.4 is 10.2 Å². The zero-order valence-electron chi connectivity index (χ0n) is 18.6. The largest absolute Gasteiger partial charge is 0.322 e. The van der Waals surface area contributed by atoms with Gasteiger partial charge in [-0.15, -0.1) is 0 Å². The number of hydrogen-bond acceptors (Lipinski definition) is 2. The van der Waals surface area contributed by atoms with E-state index in [-0.39, 0.29) is 11.8 Å². The number of amides is 2. The summed E-state index contributed by atoms with van der Waals surface area (Å²) in [6, 6.07) is 29.1. The highest BCUT2D eigenvalue weighted by molar-refractivity contribution is 6.11. The van der Waals surface area contributed by atoms with Crippen molar-refractivity contribution in [3.05, 3.63) is 119 Å². The maximum absolute atomic E-state index is 13.7. The van der Waals surface area contributed by atoms with Crippen molar-refractivity contribution in [1.29, 1.82) is 0 Å². The second-order valence-corrected chi connectivity index (χ2v) is 8.30. The Labute approximate surface area is 193 Å². The van der Waals surface area contributed by atoms with E-state index >= 15 is 0 Å². The minimum absolute atomic E-state index is 0.0624. The van der Waals surface area contributed by atoms with Crippen molar-refractivity contribution in [3.63, 3.8) is 0 Å². The molecule has 1 aliphatic heterocycles. The van der Waals surface area contributed by atoms with E-state index in [4.69, 9.17) is 0 Å². The number of rotatable bonds is 3. The predicted molar refractivity (Wildman–Crippen MR) is 133 cm³/mol. The molecule has 0 radical (unpaired) electrons. The van der Waals surface area contributed by atoms with Gasteiger partial charge >= 0.3 is 0 Å². The van der Waals surface area contributed by atoms with Crippen molar-refractivity contribution in [1.82, 2.24) is 0 Å². The van der Waals surface area contributed by atoms with Gasteiger partial charge in [-0.2, -0.15) is 0 Å². The average molecular weight is 433 g/mol. The van der Waals surface area contributed by atoms with Gasteiger partial charge in [-0.1, -0.05) is 60.7 Å². The van der Waals surface area contributed by atoms with E-state index in [2.05, 4.69) is 23.5 Å². The standard InChI is InChI=1S/C29H24N2O2/c1-19-20(2)24(17-16-23(19)28(32)30-22-11-4-3-5-12-22)29(33)31-18-21-10-6-7-13-25(21)26-14-8-9-15-27(26)31/h3-17H,18H2,1-2H3,(H,30,32). The Kier molecular flexibility index (Phi) is 5.27. The van der Waals surface area contributed by atoms with Crippen LogP contribution in [0.5, 0.6) is 0 Å². The van der Waals surface area contributed by atoms with Gasteiger partial charge in [0.2, 0.25) is 0 Å². The van der Waals surface area contributed by atoms with Gasteiger partial charge in [0.15, 0.2) is 0 Å². The summed E-state index contributed by atoms with van der Waals surface area (Å²) in [5.41, 5.74) is 7.79. The molecule has 0 aliphatic carbocycles. The highest BCUT2D eigenvalue weighted by Crippen LogP contribution is 2.39. The van der Waals surface area contributed by atoms with E-state index in [0.29, 0.717) is 17.7 Å². The Balaban J connectivity index is 1.49. The van der Waals surface area contributed by atoms with Gasteiger partial charge in [0, 0.05) is 22.4 Å². The van der Waals surface area contributed by atoms with Crippen molar-refractivity contribution in [2.24, 2.45) is 0 Å². The number of benzene rings is 4. The SMILES string of the molecule is Cc1c(C(=O)Nc2ccccc2)ccc(C(=O)N2Cc3ccccc3-c3ccccc32)c1C. The number of anilines is 2. The molecule has 1 N–H and O–H groups in total. The molecule has 1 aliphatic rings. The Morgan fingerprint density at radius 2 is 1.30 bits per heavy atom. The quantitative estimate of drug-likeness (QED) is 0.408. The molecule has 4 aromatic carbocycles. The van der Waals surface area contributed by atoms with Crippen LogP contribution in [0.25, 0.3) is 11.1 Å². The van der Waals surface area contributed by atoms with E-state index in [1.807, 2.05) is 79.4 Å². The molecule has 4 heteroatoms.